The molecule has 0 fully saturated rings. The molecule has 2 rings (SSSR count). The second-order valence-electron chi connectivity index (χ2n) is 4.47. The summed E-state index contributed by atoms with van der Waals surface area (Å²) in [5, 5.41) is 0. The highest BCUT2D eigenvalue weighted by atomic mass is 32.1. The van der Waals surface area contributed by atoms with Crippen molar-refractivity contribution in [3.8, 4) is 11.6 Å². The minimum atomic E-state index is 0.285. The Bertz CT molecular complexity index is 638. The number of hydrogen-bond acceptors (Lipinski definition) is 3. The van der Waals surface area contributed by atoms with E-state index in [0.29, 0.717) is 11.4 Å². The minimum Gasteiger partial charge on any atom is -0.438 e. The Morgan fingerprint density at radius 2 is 1.89 bits per heavy atom. The zero-order valence-corrected chi connectivity index (χ0v) is 12.0. The van der Waals surface area contributed by atoms with Crippen LogP contribution in [0.1, 0.15) is 22.4 Å². The van der Waals surface area contributed by atoms with Crippen LogP contribution in [-0.4, -0.2) is 9.97 Å². The van der Waals surface area contributed by atoms with Crippen LogP contribution in [0.25, 0.3) is 0 Å². The first-order valence-corrected chi connectivity index (χ1v) is 6.41. The third-order valence-corrected chi connectivity index (χ3v) is 3.25. The van der Waals surface area contributed by atoms with Gasteiger partial charge in [0.1, 0.15) is 10.7 Å². The SMILES string of the molecule is Cc1ccc(C(N)=S)c(Oc2cccc(C)c2C)n1. The van der Waals surface area contributed by atoms with E-state index in [2.05, 4.69) is 4.98 Å². The maximum atomic E-state index is 5.88. The van der Waals surface area contributed by atoms with Crippen LogP contribution in [0.4, 0.5) is 0 Å². The molecular formula is C15H16N2OS. The molecule has 0 bridgehead atoms. The molecule has 3 nitrogen and oxygen atoms in total. The summed E-state index contributed by atoms with van der Waals surface area (Å²) >= 11 is 5.03. The summed E-state index contributed by atoms with van der Waals surface area (Å²) in [5.41, 5.74) is 9.46. The van der Waals surface area contributed by atoms with E-state index < -0.39 is 0 Å². The molecule has 19 heavy (non-hydrogen) atoms. The Balaban J connectivity index is 2.45. The van der Waals surface area contributed by atoms with E-state index in [1.54, 1.807) is 0 Å². The molecule has 0 radical (unpaired) electrons. The van der Waals surface area contributed by atoms with Crippen LogP contribution in [0.15, 0.2) is 30.3 Å². The lowest BCUT2D eigenvalue weighted by atomic mass is 10.1. The number of nitrogens with two attached hydrogens (primary N) is 1. The maximum Gasteiger partial charge on any atom is 0.229 e. The number of pyridine rings is 1. The highest BCUT2D eigenvalue weighted by Gasteiger charge is 2.11. The first-order valence-electron chi connectivity index (χ1n) is 6.00. The minimum absolute atomic E-state index is 0.285. The number of thiocarbonyl (C=S) groups is 1. The molecule has 0 aliphatic heterocycles. The smallest absolute Gasteiger partial charge is 0.229 e. The molecule has 0 aliphatic rings. The van der Waals surface area contributed by atoms with E-state index in [0.717, 1.165) is 17.0 Å². The molecule has 0 saturated heterocycles. The summed E-state index contributed by atoms with van der Waals surface area (Å²) in [6, 6.07) is 9.61. The molecule has 1 aromatic heterocycles. The van der Waals surface area contributed by atoms with Crippen LogP contribution >= 0.6 is 12.2 Å². The predicted octanol–water partition coefficient (Wildman–Crippen LogP) is 3.43. The third kappa shape index (κ3) is 2.90. The van der Waals surface area contributed by atoms with Gasteiger partial charge in [-0.25, -0.2) is 4.98 Å². The molecule has 4 heteroatoms. The van der Waals surface area contributed by atoms with Crippen LogP contribution in [0.5, 0.6) is 11.6 Å². The number of aromatic nitrogens is 1. The Morgan fingerprint density at radius 1 is 1.16 bits per heavy atom. The fraction of sp³-hybridized carbons (Fsp3) is 0.200. The van der Waals surface area contributed by atoms with Gasteiger partial charge in [0.15, 0.2) is 0 Å². The van der Waals surface area contributed by atoms with Crippen molar-refractivity contribution in [2.45, 2.75) is 20.8 Å². The fourth-order valence-corrected chi connectivity index (χ4v) is 1.89. The van der Waals surface area contributed by atoms with Crippen molar-refractivity contribution in [2.24, 2.45) is 5.73 Å². The normalized spacial score (nSPS) is 10.3. The number of ether oxygens (including phenoxy) is 1. The standard InChI is InChI=1S/C15H16N2OS/c1-9-5-4-6-13(11(9)3)18-15-12(14(16)19)8-7-10(2)17-15/h4-8H,1-3H3,(H2,16,19). The van der Waals surface area contributed by atoms with E-state index >= 15 is 0 Å². The molecule has 0 unspecified atom stereocenters. The van der Waals surface area contributed by atoms with Gasteiger partial charge in [-0.05, 0) is 50.1 Å². The van der Waals surface area contributed by atoms with Crippen molar-refractivity contribution in [1.29, 1.82) is 0 Å². The lowest BCUT2D eigenvalue weighted by molar-refractivity contribution is 0.457. The topological polar surface area (TPSA) is 48.1 Å². The van der Waals surface area contributed by atoms with Gasteiger partial charge in [0.2, 0.25) is 5.88 Å². The second-order valence-corrected chi connectivity index (χ2v) is 4.91. The number of rotatable bonds is 3. The van der Waals surface area contributed by atoms with Crippen molar-refractivity contribution < 1.29 is 4.74 Å². The number of benzene rings is 1. The van der Waals surface area contributed by atoms with Crippen LogP contribution < -0.4 is 10.5 Å². The van der Waals surface area contributed by atoms with E-state index in [9.17, 15) is 0 Å². The molecule has 0 atom stereocenters. The Hall–Kier alpha value is -1.94. The summed E-state index contributed by atoms with van der Waals surface area (Å²) in [4.78, 5) is 4.66. The molecular weight excluding hydrogens is 256 g/mol. The van der Waals surface area contributed by atoms with E-state index in [1.165, 1.54) is 5.56 Å². The van der Waals surface area contributed by atoms with Gasteiger partial charge < -0.3 is 10.5 Å². The highest BCUT2D eigenvalue weighted by Crippen LogP contribution is 2.28. The van der Waals surface area contributed by atoms with Gasteiger partial charge in [0.05, 0.1) is 5.56 Å². The molecule has 1 aromatic carbocycles. The summed E-state index contributed by atoms with van der Waals surface area (Å²) in [7, 11) is 0. The van der Waals surface area contributed by atoms with E-state index in [1.807, 2.05) is 51.1 Å². The lowest BCUT2D eigenvalue weighted by Gasteiger charge is -2.13. The van der Waals surface area contributed by atoms with Crippen LogP contribution in [0, 0.1) is 20.8 Å². The summed E-state index contributed by atoms with van der Waals surface area (Å²) in [5.74, 6) is 1.23. The number of nitrogens with zero attached hydrogens (tertiary/aromatic N) is 1. The molecule has 0 saturated carbocycles. The Kier molecular flexibility index (Phi) is 3.81. The molecule has 98 valence electrons. The first-order chi connectivity index (χ1) is 8.99. The molecule has 0 amide bonds. The second kappa shape index (κ2) is 5.36. The Morgan fingerprint density at radius 3 is 2.58 bits per heavy atom. The van der Waals surface area contributed by atoms with Crippen LogP contribution in [0.3, 0.4) is 0 Å². The van der Waals surface area contributed by atoms with Gasteiger partial charge in [-0.1, -0.05) is 24.4 Å². The molecule has 0 spiro atoms. The average Bonchev–Trinajstić information content (AvgIpc) is 2.35. The van der Waals surface area contributed by atoms with Gasteiger partial charge in [-0.2, -0.15) is 0 Å². The van der Waals surface area contributed by atoms with Crippen molar-refractivity contribution in [1.82, 2.24) is 4.98 Å². The zero-order valence-electron chi connectivity index (χ0n) is 11.2. The lowest BCUT2D eigenvalue weighted by Crippen LogP contribution is -2.12. The maximum absolute atomic E-state index is 5.88. The van der Waals surface area contributed by atoms with Crippen LogP contribution in [-0.2, 0) is 0 Å². The monoisotopic (exact) mass is 272 g/mol. The van der Waals surface area contributed by atoms with E-state index in [4.69, 9.17) is 22.7 Å². The van der Waals surface area contributed by atoms with Gasteiger partial charge in [0.25, 0.3) is 0 Å². The predicted molar refractivity (Wildman–Crippen MR) is 80.9 cm³/mol. The molecule has 2 aromatic rings. The fourth-order valence-electron chi connectivity index (χ4n) is 1.74. The van der Waals surface area contributed by atoms with Crippen molar-refractivity contribution in [3.63, 3.8) is 0 Å². The summed E-state index contributed by atoms with van der Waals surface area (Å²) in [6.07, 6.45) is 0. The van der Waals surface area contributed by atoms with Crippen molar-refractivity contribution in [3.05, 3.63) is 52.7 Å². The summed E-state index contributed by atoms with van der Waals surface area (Å²) < 4.78 is 5.88. The number of aryl methyl sites for hydroxylation is 2. The first kappa shape index (κ1) is 13.5. The van der Waals surface area contributed by atoms with Crippen LogP contribution in [0.2, 0.25) is 0 Å². The van der Waals surface area contributed by atoms with Gasteiger partial charge in [0, 0.05) is 5.69 Å². The average molecular weight is 272 g/mol. The van der Waals surface area contributed by atoms with Crippen molar-refractivity contribution in [2.75, 3.05) is 0 Å². The highest BCUT2D eigenvalue weighted by molar-refractivity contribution is 7.80. The molecule has 1 heterocycles. The van der Waals surface area contributed by atoms with E-state index in [-0.39, 0.29) is 4.99 Å². The third-order valence-electron chi connectivity index (χ3n) is 3.03. The van der Waals surface area contributed by atoms with Gasteiger partial charge >= 0.3 is 0 Å². The quantitative estimate of drug-likeness (QED) is 0.870. The summed E-state index contributed by atoms with van der Waals surface area (Å²) in [6.45, 7) is 5.96. The Labute approximate surface area is 118 Å². The molecule has 2 N–H and O–H groups in total. The molecule has 0 aliphatic carbocycles. The number of hydrogen-bond donors (Lipinski definition) is 1. The van der Waals surface area contributed by atoms with Gasteiger partial charge in [-0.15, -0.1) is 0 Å². The van der Waals surface area contributed by atoms with Crippen molar-refractivity contribution >= 4 is 17.2 Å². The zero-order chi connectivity index (χ0) is 14.0. The van der Waals surface area contributed by atoms with Gasteiger partial charge in [-0.3, -0.25) is 0 Å². The largest absolute Gasteiger partial charge is 0.438 e.